The normalized spacial score (nSPS) is 22.8. The number of carbonyl (C=O) groups excluding carboxylic acids is 1. The third-order valence-corrected chi connectivity index (χ3v) is 7.26. The Hall–Kier alpha value is -3.37. The number of aromatic nitrogens is 2. The van der Waals surface area contributed by atoms with Gasteiger partial charge < -0.3 is 19.7 Å². The zero-order valence-electron chi connectivity index (χ0n) is 19.5. The van der Waals surface area contributed by atoms with Gasteiger partial charge in [0.15, 0.2) is 5.78 Å². The van der Waals surface area contributed by atoms with Gasteiger partial charge in [0, 0.05) is 60.6 Å². The number of carbonyl (C=O) groups is 1. The summed E-state index contributed by atoms with van der Waals surface area (Å²) in [5, 5.41) is 13.9. The van der Waals surface area contributed by atoms with E-state index in [9.17, 15) is 10.1 Å². The van der Waals surface area contributed by atoms with Crippen molar-refractivity contribution in [1.82, 2.24) is 14.9 Å². The van der Waals surface area contributed by atoms with Gasteiger partial charge in [-0.15, -0.1) is 0 Å². The Morgan fingerprint density at radius 3 is 2.55 bits per heavy atom. The standard InChI is InChI=1S/C26H30N6O/c1-17-15-30(10-11-31(17)22-6-4-19(5-7-22)18(2)33)25-9-8-24-20(14-27)16-32(26(24)29-25)23-12-21(13-23)28-3/h4-9,16-17,21,23,28H,10-13,15H2,1-3H3/t17-,21?,23?/m0/s1. The zero-order valence-corrected chi connectivity index (χ0v) is 19.5. The SMILES string of the molecule is CNC1CC(n2cc(C#N)c3ccc(N4CCN(c5ccc(C(C)=O)cc5)[C@@H](C)C4)nc32)C1. The Kier molecular flexibility index (Phi) is 5.55. The molecule has 0 unspecified atom stereocenters. The predicted octanol–water partition coefficient (Wildman–Crippen LogP) is 3.75. The second-order valence-corrected chi connectivity index (χ2v) is 9.30. The molecule has 7 heteroatoms. The minimum atomic E-state index is 0.0913. The summed E-state index contributed by atoms with van der Waals surface area (Å²) < 4.78 is 2.21. The molecule has 1 saturated heterocycles. The van der Waals surface area contributed by atoms with Crippen LogP contribution in [0.4, 0.5) is 11.5 Å². The molecule has 1 saturated carbocycles. The number of piperazine rings is 1. The molecule has 2 aromatic heterocycles. The summed E-state index contributed by atoms with van der Waals surface area (Å²) >= 11 is 0. The Morgan fingerprint density at radius 1 is 1.15 bits per heavy atom. The quantitative estimate of drug-likeness (QED) is 0.607. The number of nitriles is 1. The number of benzene rings is 1. The first-order chi connectivity index (χ1) is 16.0. The van der Waals surface area contributed by atoms with Crippen LogP contribution in [0, 0.1) is 11.3 Å². The van der Waals surface area contributed by atoms with Crippen LogP contribution in [-0.4, -0.2) is 54.1 Å². The van der Waals surface area contributed by atoms with Crippen molar-refractivity contribution in [2.75, 3.05) is 36.5 Å². The van der Waals surface area contributed by atoms with E-state index >= 15 is 0 Å². The van der Waals surface area contributed by atoms with E-state index in [1.165, 1.54) is 0 Å². The third kappa shape index (κ3) is 3.85. The summed E-state index contributed by atoms with van der Waals surface area (Å²) in [5.74, 6) is 1.06. The molecule has 0 radical (unpaired) electrons. The van der Waals surface area contributed by atoms with Gasteiger partial charge in [0.2, 0.25) is 0 Å². The third-order valence-electron chi connectivity index (χ3n) is 7.26. The molecule has 1 atom stereocenters. The van der Waals surface area contributed by atoms with E-state index in [0.717, 1.165) is 60.6 Å². The highest BCUT2D eigenvalue weighted by atomic mass is 16.1. The molecule has 3 heterocycles. The minimum absolute atomic E-state index is 0.0913. The van der Waals surface area contributed by atoms with E-state index in [0.29, 0.717) is 23.7 Å². The molecule has 1 aromatic carbocycles. The Balaban J connectivity index is 1.36. The van der Waals surface area contributed by atoms with Gasteiger partial charge in [-0.3, -0.25) is 4.79 Å². The molecule has 1 aliphatic heterocycles. The molecular formula is C26H30N6O. The molecule has 5 rings (SSSR count). The highest BCUT2D eigenvalue weighted by molar-refractivity contribution is 5.94. The van der Waals surface area contributed by atoms with Gasteiger partial charge in [0.05, 0.1) is 5.56 Å². The second kappa shape index (κ2) is 8.53. The van der Waals surface area contributed by atoms with Gasteiger partial charge in [-0.1, -0.05) is 0 Å². The number of pyridine rings is 1. The van der Waals surface area contributed by atoms with Crippen molar-refractivity contribution in [3.63, 3.8) is 0 Å². The predicted molar refractivity (Wildman–Crippen MR) is 131 cm³/mol. The Labute approximate surface area is 194 Å². The lowest BCUT2D eigenvalue weighted by Gasteiger charge is -2.42. The number of fused-ring (bicyclic) bond motifs is 1. The molecule has 1 aliphatic carbocycles. The van der Waals surface area contributed by atoms with Gasteiger partial charge in [0.25, 0.3) is 0 Å². The highest BCUT2D eigenvalue weighted by Gasteiger charge is 2.31. The van der Waals surface area contributed by atoms with Crippen LogP contribution in [0.3, 0.4) is 0 Å². The van der Waals surface area contributed by atoms with Crippen LogP contribution in [0.15, 0.2) is 42.6 Å². The van der Waals surface area contributed by atoms with Crippen LogP contribution < -0.4 is 15.1 Å². The number of nitrogens with one attached hydrogen (secondary N) is 1. The lowest BCUT2D eigenvalue weighted by atomic mass is 9.87. The number of rotatable bonds is 5. The monoisotopic (exact) mass is 442 g/mol. The molecule has 1 N–H and O–H groups in total. The van der Waals surface area contributed by atoms with Crippen LogP contribution in [0.2, 0.25) is 0 Å². The lowest BCUT2D eigenvalue weighted by Crippen LogP contribution is -2.52. The molecule has 2 fully saturated rings. The van der Waals surface area contributed by atoms with Crippen LogP contribution in [0.1, 0.15) is 48.7 Å². The number of Topliss-reactive ketones (excluding diaryl/α,β-unsaturated/α-hetero) is 1. The molecular weight excluding hydrogens is 412 g/mol. The largest absolute Gasteiger partial charge is 0.365 e. The van der Waals surface area contributed by atoms with E-state index in [1.807, 2.05) is 37.5 Å². The minimum Gasteiger partial charge on any atom is -0.365 e. The van der Waals surface area contributed by atoms with E-state index in [4.69, 9.17) is 4.98 Å². The summed E-state index contributed by atoms with van der Waals surface area (Å²) in [6, 6.07) is 15.6. The number of hydrogen-bond acceptors (Lipinski definition) is 6. The molecule has 7 nitrogen and oxygen atoms in total. The number of hydrogen-bond donors (Lipinski definition) is 1. The average molecular weight is 443 g/mol. The van der Waals surface area contributed by atoms with Gasteiger partial charge in [-0.05, 0) is 70.1 Å². The first kappa shape index (κ1) is 21.5. The molecule has 0 amide bonds. The fourth-order valence-corrected chi connectivity index (χ4v) is 5.15. The Morgan fingerprint density at radius 2 is 1.91 bits per heavy atom. The number of nitrogens with zero attached hydrogens (tertiary/aromatic N) is 5. The summed E-state index contributed by atoms with van der Waals surface area (Å²) in [6.45, 7) is 6.45. The highest BCUT2D eigenvalue weighted by Crippen LogP contribution is 2.36. The van der Waals surface area contributed by atoms with E-state index in [-0.39, 0.29) is 5.78 Å². The van der Waals surface area contributed by atoms with Crippen molar-refractivity contribution < 1.29 is 4.79 Å². The molecule has 33 heavy (non-hydrogen) atoms. The Bertz CT molecular complexity index is 1220. The van der Waals surface area contributed by atoms with Crippen molar-refractivity contribution in [3.05, 3.63) is 53.7 Å². The van der Waals surface area contributed by atoms with Gasteiger partial charge >= 0.3 is 0 Å². The summed E-state index contributed by atoms with van der Waals surface area (Å²) in [5.41, 5.74) is 3.50. The van der Waals surface area contributed by atoms with Crippen molar-refractivity contribution in [2.24, 2.45) is 0 Å². The van der Waals surface area contributed by atoms with E-state index < -0.39 is 0 Å². The summed E-state index contributed by atoms with van der Waals surface area (Å²) in [7, 11) is 2.00. The van der Waals surface area contributed by atoms with Crippen LogP contribution in [0.25, 0.3) is 11.0 Å². The first-order valence-corrected chi connectivity index (χ1v) is 11.7. The van der Waals surface area contributed by atoms with Crippen LogP contribution in [0.5, 0.6) is 0 Å². The fourth-order valence-electron chi connectivity index (χ4n) is 5.15. The smallest absolute Gasteiger partial charge is 0.159 e. The number of ketones is 1. The maximum Gasteiger partial charge on any atom is 0.159 e. The second-order valence-electron chi connectivity index (χ2n) is 9.30. The lowest BCUT2D eigenvalue weighted by molar-refractivity contribution is 0.101. The van der Waals surface area contributed by atoms with Crippen molar-refractivity contribution >= 4 is 28.3 Å². The summed E-state index contributed by atoms with van der Waals surface area (Å²) in [4.78, 5) is 21.4. The fraction of sp³-hybridized carbons (Fsp3) is 0.423. The molecule has 2 aliphatic rings. The number of anilines is 2. The molecule has 0 spiro atoms. The molecule has 0 bridgehead atoms. The molecule has 3 aromatic rings. The van der Waals surface area contributed by atoms with Gasteiger partial charge in [-0.2, -0.15) is 5.26 Å². The topological polar surface area (TPSA) is 77.2 Å². The van der Waals surface area contributed by atoms with E-state index in [1.54, 1.807) is 6.92 Å². The summed E-state index contributed by atoms with van der Waals surface area (Å²) in [6.07, 6.45) is 4.10. The first-order valence-electron chi connectivity index (χ1n) is 11.7. The van der Waals surface area contributed by atoms with Crippen molar-refractivity contribution in [1.29, 1.82) is 5.26 Å². The van der Waals surface area contributed by atoms with Crippen LogP contribution in [-0.2, 0) is 0 Å². The maximum atomic E-state index is 11.6. The van der Waals surface area contributed by atoms with Gasteiger partial charge in [-0.25, -0.2) is 4.98 Å². The zero-order chi connectivity index (χ0) is 23.1. The van der Waals surface area contributed by atoms with Crippen molar-refractivity contribution in [2.45, 2.75) is 44.8 Å². The molecule has 170 valence electrons. The van der Waals surface area contributed by atoms with E-state index in [2.05, 4.69) is 44.8 Å². The van der Waals surface area contributed by atoms with Crippen LogP contribution >= 0.6 is 0 Å². The van der Waals surface area contributed by atoms with Crippen molar-refractivity contribution in [3.8, 4) is 6.07 Å². The van der Waals surface area contributed by atoms with Gasteiger partial charge in [0.1, 0.15) is 17.5 Å². The maximum absolute atomic E-state index is 11.6. The average Bonchev–Trinajstić information content (AvgIpc) is 3.16.